The third-order valence-corrected chi connectivity index (χ3v) is 4.68. The summed E-state index contributed by atoms with van der Waals surface area (Å²) in [6.07, 6.45) is -4.02. The first kappa shape index (κ1) is 18.4. The van der Waals surface area contributed by atoms with Gasteiger partial charge in [0, 0.05) is 0 Å². The Morgan fingerprint density at radius 1 is 1.04 bits per heavy atom. The molecule has 1 aliphatic rings. The van der Waals surface area contributed by atoms with Crippen LogP contribution in [0.5, 0.6) is 0 Å². The van der Waals surface area contributed by atoms with Crippen molar-refractivity contribution in [2.45, 2.75) is 12.0 Å². The molecule has 1 saturated heterocycles. The maximum Gasteiger partial charge on any atom is 0.444 e. The number of nitrogens with zero attached hydrogens (tertiary/aromatic N) is 1. The summed E-state index contributed by atoms with van der Waals surface area (Å²) in [5.41, 5.74) is 0.587. The highest BCUT2D eigenvalue weighted by Gasteiger charge is 2.56. The third kappa shape index (κ3) is 3.46. The van der Waals surface area contributed by atoms with E-state index >= 15 is 0 Å². The second-order valence-electron chi connectivity index (χ2n) is 5.69. The number of fused-ring (bicyclic) bond motifs is 1. The lowest BCUT2D eigenvalue weighted by Crippen LogP contribution is -2.54. The molecule has 0 saturated carbocycles. The zero-order valence-corrected chi connectivity index (χ0v) is 13.8. The molecule has 5 nitrogen and oxygen atoms in total. The van der Waals surface area contributed by atoms with Gasteiger partial charge in [-0.1, -0.05) is 36.4 Å². The van der Waals surface area contributed by atoms with Crippen LogP contribution < -0.4 is 0 Å². The topological polar surface area (TPSA) is 77.8 Å². The van der Waals surface area contributed by atoms with Crippen molar-refractivity contribution in [3.63, 3.8) is 0 Å². The predicted octanol–water partition coefficient (Wildman–Crippen LogP) is 3.12. The highest BCUT2D eigenvalue weighted by atomic mass is 32.2. The number of aliphatic hydroxyl groups is 2. The number of thioether (sulfide) groups is 1. The lowest BCUT2D eigenvalue weighted by molar-refractivity contribution is -0.348. The van der Waals surface area contributed by atoms with Crippen LogP contribution in [0.15, 0.2) is 47.4 Å². The molecule has 2 aromatic carbocycles. The lowest BCUT2D eigenvalue weighted by atomic mass is 10.1. The number of carbonyl (C=O) groups excluding carboxylic acids is 2. The van der Waals surface area contributed by atoms with Crippen molar-refractivity contribution in [3.05, 3.63) is 52.9 Å². The van der Waals surface area contributed by atoms with E-state index in [1.165, 1.54) is 6.08 Å². The monoisotopic (exact) mass is 383 g/mol. The molecular formula is C17H12F3NO4S. The minimum absolute atomic E-state index is 0.0942. The molecule has 2 amide bonds. The lowest BCUT2D eigenvalue weighted by Gasteiger charge is -2.27. The molecule has 0 bridgehead atoms. The van der Waals surface area contributed by atoms with Gasteiger partial charge in [-0.3, -0.25) is 14.5 Å². The maximum atomic E-state index is 12.6. The van der Waals surface area contributed by atoms with Crippen LogP contribution in [0.25, 0.3) is 16.8 Å². The van der Waals surface area contributed by atoms with E-state index in [1.807, 2.05) is 30.3 Å². The first-order valence-corrected chi connectivity index (χ1v) is 8.16. The van der Waals surface area contributed by atoms with Gasteiger partial charge in [0.15, 0.2) is 0 Å². The smallest absolute Gasteiger partial charge is 0.357 e. The molecular weight excluding hydrogens is 371 g/mol. The molecule has 0 unspecified atom stereocenters. The number of β-amino-alcohol motifs (C(OH)–C–C–N with tert-alkyl or cyclic N) is 2. The van der Waals surface area contributed by atoms with Gasteiger partial charge in [-0.25, -0.2) is 0 Å². The Balaban J connectivity index is 1.86. The zero-order valence-electron chi connectivity index (χ0n) is 13.0. The Hall–Kier alpha value is -2.36. The minimum atomic E-state index is -5.40. The molecule has 0 aromatic heterocycles. The summed E-state index contributed by atoms with van der Waals surface area (Å²) >= 11 is 0.442. The number of alkyl halides is 3. The Bertz CT molecular complexity index is 924. The summed E-state index contributed by atoms with van der Waals surface area (Å²) in [6.45, 7) is -1.59. The molecule has 2 aromatic rings. The van der Waals surface area contributed by atoms with Crippen LogP contribution in [0.2, 0.25) is 0 Å². The number of hydrogen-bond acceptors (Lipinski definition) is 5. The normalized spacial score (nSPS) is 17.6. The van der Waals surface area contributed by atoms with Gasteiger partial charge in [-0.2, -0.15) is 13.2 Å². The first-order chi connectivity index (χ1) is 12.1. The van der Waals surface area contributed by atoms with Crippen molar-refractivity contribution < 1.29 is 33.0 Å². The Morgan fingerprint density at radius 3 is 2.35 bits per heavy atom. The van der Waals surface area contributed by atoms with E-state index in [1.54, 1.807) is 12.1 Å². The quantitative estimate of drug-likeness (QED) is 0.629. The van der Waals surface area contributed by atoms with E-state index in [2.05, 4.69) is 0 Å². The predicted molar refractivity (Wildman–Crippen MR) is 89.8 cm³/mol. The number of imide groups is 1. The van der Waals surface area contributed by atoms with E-state index in [0.29, 0.717) is 17.3 Å². The molecule has 0 aliphatic carbocycles. The summed E-state index contributed by atoms with van der Waals surface area (Å²) in [4.78, 5) is 24.1. The maximum absolute atomic E-state index is 12.6. The summed E-state index contributed by atoms with van der Waals surface area (Å²) in [5, 5.41) is 19.0. The van der Waals surface area contributed by atoms with E-state index < -0.39 is 29.7 Å². The number of rotatable bonds is 3. The molecule has 1 heterocycles. The van der Waals surface area contributed by atoms with Gasteiger partial charge >= 0.3 is 6.18 Å². The van der Waals surface area contributed by atoms with Crippen molar-refractivity contribution in [1.82, 2.24) is 4.90 Å². The second-order valence-corrected chi connectivity index (χ2v) is 6.68. The summed E-state index contributed by atoms with van der Waals surface area (Å²) < 4.78 is 37.7. The van der Waals surface area contributed by atoms with Crippen LogP contribution in [-0.4, -0.2) is 44.8 Å². The fraction of sp³-hybridized carbons (Fsp3) is 0.176. The molecule has 0 spiro atoms. The van der Waals surface area contributed by atoms with Gasteiger partial charge in [-0.15, -0.1) is 0 Å². The molecule has 3 rings (SSSR count). The SMILES string of the molecule is O=C1S/C(=C\c2ccc3ccccc3c2)C(=O)N1CC(O)(O)C(F)(F)F. The van der Waals surface area contributed by atoms with Crippen LogP contribution in [0.3, 0.4) is 0 Å². The fourth-order valence-corrected chi connectivity index (χ4v) is 3.23. The first-order valence-electron chi connectivity index (χ1n) is 7.34. The standard InChI is InChI=1S/C17H12F3NO4S/c18-17(19,20)16(24,25)9-21-14(22)13(26-15(21)23)8-10-5-6-11-3-1-2-4-12(11)7-10/h1-8,24-25H,9H2/b13-8-. The molecule has 9 heteroatoms. The molecule has 136 valence electrons. The Morgan fingerprint density at radius 2 is 1.69 bits per heavy atom. The average Bonchev–Trinajstić information content (AvgIpc) is 2.81. The highest BCUT2D eigenvalue weighted by Crippen LogP contribution is 2.36. The van der Waals surface area contributed by atoms with Crippen molar-refractivity contribution in [1.29, 1.82) is 0 Å². The molecule has 26 heavy (non-hydrogen) atoms. The van der Waals surface area contributed by atoms with Crippen LogP contribution >= 0.6 is 11.8 Å². The van der Waals surface area contributed by atoms with Gasteiger partial charge < -0.3 is 10.2 Å². The van der Waals surface area contributed by atoms with E-state index in [9.17, 15) is 22.8 Å². The van der Waals surface area contributed by atoms with Gasteiger partial charge in [0.2, 0.25) is 0 Å². The zero-order chi connectivity index (χ0) is 19.1. The molecule has 1 aliphatic heterocycles. The van der Waals surface area contributed by atoms with Gasteiger partial charge in [-0.05, 0) is 40.2 Å². The van der Waals surface area contributed by atoms with Crippen LogP contribution in [0.1, 0.15) is 5.56 Å². The van der Waals surface area contributed by atoms with Crippen LogP contribution in [-0.2, 0) is 4.79 Å². The summed E-state index contributed by atoms with van der Waals surface area (Å²) in [6, 6.07) is 12.7. The van der Waals surface area contributed by atoms with E-state index in [0.717, 1.165) is 10.8 Å². The van der Waals surface area contributed by atoms with Crippen LogP contribution in [0, 0.1) is 0 Å². The number of hydrogen-bond donors (Lipinski definition) is 2. The molecule has 2 N–H and O–H groups in total. The van der Waals surface area contributed by atoms with Crippen molar-refractivity contribution in [3.8, 4) is 0 Å². The van der Waals surface area contributed by atoms with Crippen molar-refractivity contribution in [2.75, 3.05) is 6.54 Å². The average molecular weight is 383 g/mol. The second kappa shape index (κ2) is 6.42. The third-order valence-electron chi connectivity index (χ3n) is 3.78. The van der Waals surface area contributed by atoms with Crippen molar-refractivity contribution >= 4 is 39.8 Å². The number of benzene rings is 2. The largest absolute Gasteiger partial charge is 0.444 e. The van der Waals surface area contributed by atoms with E-state index in [-0.39, 0.29) is 9.81 Å². The van der Waals surface area contributed by atoms with Gasteiger partial charge in [0.05, 0.1) is 11.4 Å². The Labute approximate surface area is 149 Å². The van der Waals surface area contributed by atoms with Crippen LogP contribution in [0.4, 0.5) is 18.0 Å². The number of carbonyl (C=O) groups is 2. The highest BCUT2D eigenvalue weighted by molar-refractivity contribution is 8.18. The number of amides is 2. The van der Waals surface area contributed by atoms with E-state index in [4.69, 9.17) is 10.2 Å². The molecule has 0 atom stereocenters. The number of halogens is 3. The summed E-state index contributed by atoms with van der Waals surface area (Å²) in [7, 11) is 0. The molecule has 0 radical (unpaired) electrons. The van der Waals surface area contributed by atoms with Gasteiger partial charge in [0.25, 0.3) is 16.9 Å². The Kier molecular flexibility index (Phi) is 4.55. The molecule has 1 fully saturated rings. The van der Waals surface area contributed by atoms with Gasteiger partial charge in [0.1, 0.15) is 0 Å². The summed E-state index contributed by atoms with van der Waals surface area (Å²) in [5.74, 6) is -5.18. The minimum Gasteiger partial charge on any atom is -0.357 e. The van der Waals surface area contributed by atoms with Crippen molar-refractivity contribution in [2.24, 2.45) is 0 Å². The fourth-order valence-electron chi connectivity index (χ4n) is 2.40.